The van der Waals surface area contributed by atoms with Gasteiger partial charge in [0.15, 0.2) is 0 Å². The van der Waals surface area contributed by atoms with Crippen LogP contribution in [0, 0.1) is 5.82 Å². The molecule has 0 aliphatic heterocycles. The molecular formula is C24H32FN3O2. The molecule has 0 saturated heterocycles. The van der Waals surface area contributed by atoms with Crippen molar-refractivity contribution in [3.63, 3.8) is 0 Å². The van der Waals surface area contributed by atoms with Crippen LogP contribution in [-0.4, -0.2) is 38.7 Å². The zero-order valence-corrected chi connectivity index (χ0v) is 18.4. The van der Waals surface area contributed by atoms with Gasteiger partial charge in [-0.2, -0.15) is 0 Å². The van der Waals surface area contributed by atoms with E-state index in [1.54, 1.807) is 25.3 Å². The molecule has 0 fully saturated rings. The number of ether oxygens (including phenoxy) is 1. The van der Waals surface area contributed by atoms with Crippen molar-refractivity contribution in [1.29, 1.82) is 0 Å². The van der Waals surface area contributed by atoms with Crippen molar-refractivity contribution in [3.8, 4) is 5.75 Å². The van der Waals surface area contributed by atoms with Gasteiger partial charge in [0.25, 0.3) is 5.91 Å². The number of amides is 1. The molecule has 0 saturated carbocycles. The lowest BCUT2D eigenvalue weighted by Crippen LogP contribution is -2.32. The van der Waals surface area contributed by atoms with Gasteiger partial charge in [0.05, 0.1) is 11.8 Å². The number of benzene rings is 2. The zero-order chi connectivity index (χ0) is 22.1. The Balaban J connectivity index is 1.99. The van der Waals surface area contributed by atoms with Crippen molar-refractivity contribution in [2.24, 2.45) is 0 Å². The van der Waals surface area contributed by atoms with Gasteiger partial charge in [0.1, 0.15) is 11.6 Å². The molecule has 1 amide bonds. The minimum absolute atomic E-state index is 0.111. The van der Waals surface area contributed by atoms with Crippen LogP contribution < -0.4 is 20.3 Å². The first-order valence-corrected chi connectivity index (χ1v) is 10.3. The zero-order valence-electron chi connectivity index (χ0n) is 18.4. The molecule has 2 N–H and O–H groups in total. The third-order valence-corrected chi connectivity index (χ3v) is 4.78. The van der Waals surface area contributed by atoms with Crippen molar-refractivity contribution in [1.82, 2.24) is 5.32 Å². The molecular weight excluding hydrogens is 381 g/mol. The Kier molecular flexibility index (Phi) is 8.87. The normalized spacial score (nSPS) is 12.2. The molecule has 0 aromatic heterocycles. The Bertz CT molecular complexity index is 846. The third-order valence-electron chi connectivity index (χ3n) is 4.78. The quantitative estimate of drug-likeness (QED) is 0.555. The smallest absolute Gasteiger partial charge is 0.250 e. The van der Waals surface area contributed by atoms with Gasteiger partial charge in [-0.05, 0) is 69.3 Å². The van der Waals surface area contributed by atoms with Crippen molar-refractivity contribution in [2.45, 2.75) is 39.3 Å². The standard InChI is InChI=1S/C24H32FN3O2/c1-6-19(26-4)16-27-23-13-10-20(15-22(23)25)28(5)24(29)14-9-18-7-11-21(12-8-18)30-17(2)3/h7-15,17,19,26-27H,6,16H2,1-5H3/b14-9+. The van der Waals surface area contributed by atoms with E-state index in [0.29, 0.717) is 17.9 Å². The van der Waals surface area contributed by atoms with Crippen LogP contribution in [0.1, 0.15) is 32.8 Å². The van der Waals surface area contributed by atoms with Gasteiger partial charge in [-0.1, -0.05) is 19.1 Å². The first-order valence-electron chi connectivity index (χ1n) is 10.3. The summed E-state index contributed by atoms with van der Waals surface area (Å²) in [6.45, 7) is 6.64. The Labute approximate surface area is 178 Å². The molecule has 1 unspecified atom stereocenters. The highest BCUT2D eigenvalue weighted by Crippen LogP contribution is 2.22. The van der Waals surface area contributed by atoms with E-state index in [0.717, 1.165) is 17.7 Å². The second kappa shape index (κ2) is 11.4. The number of anilines is 2. The van der Waals surface area contributed by atoms with E-state index >= 15 is 0 Å². The van der Waals surface area contributed by atoms with Crippen molar-refractivity contribution >= 4 is 23.4 Å². The topological polar surface area (TPSA) is 53.6 Å². The lowest BCUT2D eigenvalue weighted by molar-refractivity contribution is -0.113. The molecule has 0 bridgehead atoms. The van der Waals surface area contributed by atoms with Crippen molar-refractivity contribution in [3.05, 3.63) is 59.9 Å². The molecule has 2 aromatic carbocycles. The molecule has 2 rings (SSSR count). The number of hydrogen-bond donors (Lipinski definition) is 2. The molecule has 30 heavy (non-hydrogen) atoms. The molecule has 0 heterocycles. The van der Waals surface area contributed by atoms with E-state index in [1.165, 1.54) is 17.0 Å². The summed E-state index contributed by atoms with van der Waals surface area (Å²) in [7, 11) is 3.51. The number of likely N-dealkylation sites (N-methyl/N-ethyl adjacent to an activating group) is 2. The first-order chi connectivity index (χ1) is 14.3. The molecule has 6 heteroatoms. The fourth-order valence-corrected chi connectivity index (χ4v) is 2.88. The van der Waals surface area contributed by atoms with E-state index in [2.05, 4.69) is 17.6 Å². The van der Waals surface area contributed by atoms with Crippen LogP contribution in [0.3, 0.4) is 0 Å². The summed E-state index contributed by atoms with van der Waals surface area (Å²) < 4.78 is 20.1. The van der Waals surface area contributed by atoms with Crippen LogP contribution in [0.5, 0.6) is 5.75 Å². The molecule has 162 valence electrons. The van der Waals surface area contributed by atoms with Gasteiger partial charge in [0, 0.05) is 31.4 Å². The van der Waals surface area contributed by atoms with E-state index < -0.39 is 0 Å². The van der Waals surface area contributed by atoms with E-state index in [4.69, 9.17) is 4.74 Å². The first kappa shape index (κ1) is 23.4. The van der Waals surface area contributed by atoms with E-state index in [9.17, 15) is 9.18 Å². The average molecular weight is 414 g/mol. The summed E-state index contributed by atoms with van der Waals surface area (Å²) in [5.41, 5.74) is 1.80. The van der Waals surface area contributed by atoms with Gasteiger partial charge in [0.2, 0.25) is 0 Å². The van der Waals surface area contributed by atoms with Gasteiger partial charge < -0.3 is 20.3 Å². The summed E-state index contributed by atoms with van der Waals surface area (Å²) in [5, 5.41) is 6.28. The summed E-state index contributed by atoms with van der Waals surface area (Å²) >= 11 is 0. The maximum Gasteiger partial charge on any atom is 0.250 e. The predicted molar refractivity (Wildman–Crippen MR) is 123 cm³/mol. The lowest BCUT2D eigenvalue weighted by Gasteiger charge is -2.18. The van der Waals surface area contributed by atoms with Crippen molar-refractivity contribution in [2.75, 3.05) is 30.9 Å². The number of halogens is 1. The second-order valence-corrected chi connectivity index (χ2v) is 7.41. The van der Waals surface area contributed by atoms with Crippen LogP contribution in [0.25, 0.3) is 6.08 Å². The minimum atomic E-state index is -0.386. The van der Waals surface area contributed by atoms with Gasteiger partial charge in [-0.25, -0.2) is 4.39 Å². The Hall–Kier alpha value is -2.86. The molecule has 0 spiro atoms. The third kappa shape index (κ3) is 6.88. The predicted octanol–water partition coefficient (Wildman–Crippen LogP) is 4.70. The number of hydrogen-bond acceptors (Lipinski definition) is 4. The largest absolute Gasteiger partial charge is 0.491 e. The Morgan fingerprint density at radius 3 is 2.47 bits per heavy atom. The van der Waals surface area contributed by atoms with Crippen LogP contribution in [0.4, 0.5) is 15.8 Å². The number of rotatable bonds is 10. The molecule has 0 aliphatic carbocycles. The monoisotopic (exact) mass is 413 g/mol. The highest BCUT2D eigenvalue weighted by Gasteiger charge is 2.12. The Morgan fingerprint density at radius 1 is 1.20 bits per heavy atom. The number of carbonyl (C=O) groups excluding carboxylic acids is 1. The maximum atomic E-state index is 14.5. The molecule has 0 aliphatic rings. The summed E-state index contributed by atoms with van der Waals surface area (Å²) in [6, 6.07) is 12.5. The average Bonchev–Trinajstić information content (AvgIpc) is 2.73. The molecule has 1 atom stereocenters. The molecule has 0 radical (unpaired) electrons. The SMILES string of the molecule is CCC(CNc1ccc(N(C)C(=O)/C=C/c2ccc(OC(C)C)cc2)cc1F)NC. The minimum Gasteiger partial charge on any atom is -0.491 e. The van der Waals surface area contributed by atoms with Crippen molar-refractivity contribution < 1.29 is 13.9 Å². The van der Waals surface area contributed by atoms with E-state index in [1.807, 2.05) is 45.2 Å². The van der Waals surface area contributed by atoms with E-state index in [-0.39, 0.29) is 23.9 Å². The number of nitrogens with zero attached hydrogens (tertiary/aromatic N) is 1. The summed E-state index contributed by atoms with van der Waals surface area (Å²) in [6.07, 6.45) is 4.26. The molecule has 2 aromatic rings. The Morgan fingerprint density at radius 2 is 1.90 bits per heavy atom. The maximum absolute atomic E-state index is 14.5. The summed E-state index contributed by atoms with van der Waals surface area (Å²) in [4.78, 5) is 13.9. The van der Waals surface area contributed by atoms with Crippen LogP contribution in [0.2, 0.25) is 0 Å². The number of carbonyl (C=O) groups is 1. The van der Waals surface area contributed by atoms with Crippen LogP contribution in [0.15, 0.2) is 48.5 Å². The lowest BCUT2D eigenvalue weighted by atomic mass is 10.2. The van der Waals surface area contributed by atoms with Crippen LogP contribution >= 0.6 is 0 Å². The van der Waals surface area contributed by atoms with Crippen LogP contribution in [-0.2, 0) is 4.79 Å². The fourth-order valence-electron chi connectivity index (χ4n) is 2.88. The summed E-state index contributed by atoms with van der Waals surface area (Å²) in [5.74, 6) is 0.163. The van der Waals surface area contributed by atoms with Gasteiger partial charge in [-0.15, -0.1) is 0 Å². The number of nitrogens with one attached hydrogen (secondary N) is 2. The highest BCUT2D eigenvalue weighted by atomic mass is 19.1. The fraction of sp³-hybridized carbons (Fsp3) is 0.375. The second-order valence-electron chi connectivity index (χ2n) is 7.41. The highest BCUT2D eigenvalue weighted by molar-refractivity contribution is 6.03. The van der Waals surface area contributed by atoms with Gasteiger partial charge in [-0.3, -0.25) is 4.79 Å². The van der Waals surface area contributed by atoms with Gasteiger partial charge >= 0.3 is 0 Å². The molecule has 5 nitrogen and oxygen atoms in total.